The molecular formula is C15H20N4O6. The fourth-order valence-electron chi connectivity index (χ4n) is 1.77. The highest BCUT2D eigenvalue weighted by Crippen LogP contribution is 2.22. The molecule has 0 aliphatic carbocycles. The van der Waals surface area contributed by atoms with E-state index in [4.69, 9.17) is 4.74 Å². The molecule has 0 heterocycles. The molecule has 10 heteroatoms. The van der Waals surface area contributed by atoms with Gasteiger partial charge in [-0.25, -0.2) is 9.59 Å². The van der Waals surface area contributed by atoms with Crippen LogP contribution in [-0.4, -0.2) is 42.5 Å². The minimum atomic E-state index is -0.925. The molecule has 0 unspecified atom stereocenters. The molecule has 3 N–H and O–H groups in total. The lowest BCUT2D eigenvalue weighted by atomic mass is 10.1. The summed E-state index contributed by atoms with van der Waals surface area (Å²) in [5.41, 5.74) is -0.0672. The molecule has 25 heavy (non-hydrogen) atoms. The van der Waals surface area contributed by atoms with Gasteiger partial charge in [0.2, 0.25) is 0 Å². The number of nitro benzene ring substituents is 1. The van der Waals surface area contributed by atoms with Gasteiger partial charge in [-0.05, 0) is 19.4 Å². The lowest BCUT2D eigenvalue weighted by molar-refractivity contribution is -0.384. The van der Waals surface area contributed by atoms with E-state index in [1.807, 2.05) is 12.2 Å². The molecule has 1 aromatic carbocycles. The average Bonchev–Trinajstić information content (AvgIpc) is 2.58. The van der Waals surface area contributed by atoms with Crippen LogP contribution in [0.2, 0.25) is 0 Å². The Bertz CT molecular complexity index is 676. The Kier molecular flexibility index (Phi) is 7.32. The summed E-state index contributed by atoms with van der Waals surface area (Å²) in [5.74, 6) is -1.74. The van der Waals surface area contributed by atoms with Crippen LogP contribution in [0.25, 0.3) is 0 Å². The van der Waals surface area contributed by atoms with Gasteiger partial charge in [-0.1, -0.05) is 6.92 Å². The van der Waals surface area contributed by atoms with Gasteiger partial charge >= 0.3 is 12.0 Å². The van der Waals surface area contributed by atoms with Crippen molar-refractivity contribution in [3.8, 4) is 0 Å². The van der Waals surface area contributed by atoms with Gasteiger partial charge in [0.05, 0.1) is 10.5 Å². The summed E-state index contributed by atoms with van der Waals surface area (Å²) >= 11 is 0. The molecule has 10 nitrogen and oxygen atoms in total. The van der Waals surface area contributed by atoms with Gasteiger partial charge in [-0.3, -0.25) is 20.2 Å². The zero-order chi connectivity index (χ0) is 19.0. The van der Waals surface area contributed by atoms with Crippen molar-refractivity contribution in [2.45, 2.75) is 26.3 Å². The first-order valence-corrected chi connectivity index (χ1v) is 7.52. The van der Waals surface area contributed by atoms with E-state index >= 15 is 0 Å². The summed E-state index contributed by atoms with van der Waals surface area (Å²) in [5, 5.41) is 18.0. The number of nitrogens with zero attached hydrogens (tertiary/aromatic N) is 1. The van der Waals surface area contributed by atoms with Crippen LogP contribution in [0.15, 0.2) is 18.2 Å². The third-order valence-corrected chi connectivity index (χ3v) is 3.28. The van der Waals surface area contributed by atoms with Crippen LogP contribution in [0.5, 0.6) is 0 Å². The zero-order valence-corrected chi connectivity index (χ0v) is 14.1. The van der Waals surface area contributed by atoms with Crippen molar-refractivity contribution in [1.82, 2.24) is 10.6 Å². The van der Waals surface area contributed by atoms with E-state index in [0.29, 0.717) is 12.1 Å². The maximum atomic E-state index is 12.0. The molecule has 0 saturated carbocycles. The Balaban J connectivity index is 2.67. The monoisotopic (exact) mass is 352 g/mol. The molecule has 136 valence electrons. The topological polar surface area (TPSA) is 140 Å². The molecule has 0 bridgehead atoms. The number of nitro groups is 1. The average molecular weight is 352 g/mol. The number of rotatable bonds is 7. The van der Waals surface area contributed by atoms with Gasteiger partial charge in [0.15, 0.2) is 6.61 Å². The van der Waals surface area contributed by atoms with E-state index in [-0.39, 0.29) is 17.3 Å². The lowest BCUT2D eigenvalue weighted by Crippen LogP contribution is -2.44. The van der Waals surface area contributed by atoms with E-state index < -0.39 is 29.4 Å². The minimum Gasteiger partial charge on any atom is -0.452 e. The maximum Gasteiger partial charge on any atom is 0.341 e. The highest BCUT2D eigenvalue weighted by atomic mass is 16.6. The number of urea groups is 1. The molecule has 3 amide bonds. The van der Waals surface area contributed by atoms with E-state index in [2.05, 4.69) is 10.6 Å². The summed E-state index contributed by atoms with van der Waals surface area (Å²) in [6.07, 6.45) is 0.691. The second kappa shape index (κ2) is 9.21. The second-order valence-corrected chi connectivity index (χ2v) is 5.14. The Morgan fingerprint density at radius 2 is 2.00 bits per heavy atom. The largest absolute Gasteiger partial charge is 0.452 e. The van der Waals surface area contributed by atoms with Crippen molar-refractivity contribution in [2.75, 3.05) is 19.0 Å². The highest BCUT2D eigenvalue weighted by molar-refractivity contribution is 5.99. The number of benzene rings is 1. The second-order valence-electron chi connectivity index (χ2n) is 5.14. The summed E-state index contributed by atoms with van der Waals surface area (Å²) in [6, 6.07) is 2.82. The van der Waals surface area contributed by atoms with Crippen LogP contribution >= 0.6 is 0 Å². The van der Waals surface area contributed by atoms with Crippen molar-refractivity contribution >= 4 is 29.3 Å². The molecule has 0 radical (unpaired) electrons. The fourth-order valence-corrected chi connectivity index (χ4v) is 1.77. The lowest BCUT2D eigenvalue weighted by Gasteiger charge is -2.12. The molecule has 0 aliphatic heterocycles. The van der Waals surface area contributed by atoms with Crippen LogP contribution in [0.4, 0.5) is 16.2 Å². The molecule has 1 aromatic rings. The summed E-state index contributed by atoms with van der Waals surface area (Å²) < 4.78 is 4.81. The first-order valence-electron chi connectivity index (χ1n) is 7.52. The van der Waals surface area contributed by atoms with Crippen molar-refractivity contribution in [3.63, 3.8) is 0 Å². The van der Waals surface area contributed by atoms with Gasteiger partial charge < -0.3 is 15.4 Å². The number of carbonyl (C=O) groups is 3. The summed E-state index contributed by atoms with van der Waals surface area (Å²) in [6.45, 7) is 2.94. The number of hydrogen-bond acceptors (Lipinski definition) is 7. The molecule has 0 saturated heterocycles. The van der Waals surface area contributed by atoms with Gasteiger partial charge in [0.1, 0.15) is 0 Å². The van der Waals surface area contributed by atoms with Crippen molar-refractivity contribution in [3.05, 3.63) is 33.9 Å². The zero-order valence-electron chi connectivity index (χ0n) is 14.1. The fraction of sp³-hybridized carbons (Fsp3) is 0.400. The van der Waals surface area contributed by atoms with Crippen LogP contribution < -0.4 is 16.0 Å². The number of amides is 3. The standard InChI is InChI=1S/C15H20N4O6/c1-4-9(2)17-15(22)18-13(20)8-25-14(21)11-7-10(19(23)24)5-6-12(11)16-3/h5-7,9,16H,4,8H2,1-3H3,(H2,17,18,20,22)/t9-/m0/s1. The van der Waals surface area contributed by atoms with Gasteiger partial charge in [0, 0.05) is 30.9 Å². The van der Waals surface area contributed by atoms with E-state index in [1.54, 1.807) is 6.92 Å². The van der Waals surface area contributed by atoms with Crippen molar-refractivity contribution < 1.29 is 24.0 Å². The van der Waals surface area contributed by atoms with E-state index in [9.17, 15) is 24.5 Å². The Morgan fingerprint density at radius 1 is 1.32 bits per heavy atom. The van der Waals surface area contributed by atoms with Gasteiger partial charge in [-0.15, -0.1) is 0 Å². The SMILES string of the molecule is CC[C@H](C)NC(=O)NC(=O)COC(=O)c1cc([N+](=O)[O-])ccc1NC. The molecule has 0 spiro atoms. The first kappa shape index (κ1) is 19.9. The molecule has 0 aromatic heterocycles. The summed E-state index contributed by atoms with van der Waals surface area (Å²) in [4.78, 5) is 45.3. The number of non-ortho nitro benzene ring substituents is 1. The number of hydrogen-bond donors (Lipinski definition) is 3. The molecule has 1 atom stereocenters. The Hall–Kier alpha value is -3.17. The van der Waals surface area contributed by atoms with Crippen molar-refractivity contribution in [1.29, 1.82) is 0 Å². The van der Waals surface area contributed by atoms with Crippen LogP contribution in [0.1, 0.15) is 30.6 Å². The Labute approximate surface area is 144 Å². The molecular weight excluding hydrogens is 332 g/mol. The number of nitrogens with one attached hydrogen (secondary N) is 3. The van der Waals surface area contributed by atoms with Crippen LogP contribution in [0.3, 0.4) is 0 Å². The molecule has 1 rings (SSSR count). The van der Waals surface area contributed by atoms with Gasteiger partial charge in [-0.2, -0.15) is 0 Å². The minimum absolute atomic E-state index is 0.0893. The molecule has 0 fully saturated rings. The third-order valence-electron chi connectivity index (χ3n) is 3.28. The molecule has 0 aliphatic rings. The van der Waals surface area contributed by atoms with Crippen molar-refractivity contribution in [2.24, 2.45) is 0 Å². The van der Waals surface area contributed by atoms with Crippen LogP contribution in [-0.2, 0) is 9.53 Å². The van der Waals surface area contributed by atoms with E-state index in [0.717, 1.165) is 6.07 Å². The predicted molar refractivity (Wildman–Crippen MR) is 89.4 cm³/mol. The number of ether oxygens (including phenoxy) is 1. The third kappa shape index (κ3) is 6.09. The van der Waals surface area contributed by atoms with E-state index in [1.165, 1.54) is 19.2 Å². The van der Waals surface area contributed by atoms with Gasteiger partial charge in [0.25, 0.3) is 11.6 Å². The normalized spacial score (nSPS) is 11.2. The number of anilines is 1. The summed E-state index contributed by atoms with van der Waals surface area (Å²) in [7, 11) is 1.53. The number of carbonyl (C=O) groups excluding carboxylic acids is 3. The Morgan fingerprint density at radius 3 is 2.56 bits per heavy atom. The number of esters is 1. The first-order chi connectivity index (χ1) is 11.8. The smallest absolute Gasteiger partial charge is 0.341 e. The van der Waals surface area contributed by atoms with Crippen LogP contribution in [0, 0.1) is 10.1 Å². The maximum absolute atomic E-state index is 12.0. The number of imide groups is 1. The quantitative estimate of drug-likeness (QED) is 0.383. The highest BCUT2D eigenvalue weighted by Gasteiger charge is 2.19. The predicted octanol–water partition coefficient (Wildman–Crippen LogP) is 1.42.